The van der Waals surface area contributed by atoms with E-state index in [0.717, 1.165) is 54.5 Å². The van der Waals surface area contributed by atoms with Gasteiger partial charge in [-0.3, -0.25) is 4.79 Å². The number of carbonyl (C=O) groups excluding carboxylic acids is 1. The molecule has 0 aromatic heterocycles. The summed E-state index contributed by atoms with van der Waals surface area (Å²) in [5.41, 5.74) is 3.14. The first-order valence-corrected chi connectivity index (χ1v) is 13.3. The summed E-state index contributed by atoms with van der Waals surface area (Å²) < 4.78 is 17.4. The molecule has 0 saturated carbocycles. The molecular formula is C29H39ClO4. The molecule has 0 aliphatic carbocycles. The summed E-state index contributed by atoms with van der Waals surface area (Å²) in [6, 6.07) is 14.1. The summed E-state index contributed by atoms with van der Waals surface area (Å²) in [4.78, 5) is 12.1. The number of carbonyl (C=O) groups is 1. The van der Waals surface area contributed by atoms with Gasteiger partial charge in [0, 0.05) is 17.0 Å². The van der Waals surface area contributed by atoms with Crippen LogP contribution >= 0.6 is 11.6 Å². The Bertz CT molecular complexity index is 880. The number of ether oxygens (including phenoxy) is 3. The lowest BCUT2D eigenvalue weighted by atomic mass is 9.95. The van der Waals surface area contributed by atoms with Gasteiger partial charge in [-0.05, 0) is 68.0 Å². The van der Waals surface area contributed by atoms with Gasteiger partial charge in [0.1, 0.15) is 12.4 Å². The fourth-order valence-electron chi connectivity index (χ4n) is 4.44. The summed E-state index contributed by atoms with van der Waals surface area (Å²) in [5.74, 6) is 0.744. The zero-order chi connectivity index (χ0) is 24.2. The second kappa shape index (κ2) is 14.4. The number of rotatable bonds is 13. The highest BCUT2D eigenvalue weighted by atomic mass is 35.5. The van der Waals surface area contributed by atoms with E-state index in [1.165, 1.54) is 25.7 Å². The maximum Gasteiger partial charge on any atom is 0.305 e. The Hall–Kier alpha value is -2.04. The molecule has 1 saturated heterocycles. The van der Waals surface area contributed by atoms with Crippen molar-refractivity contribution in [1.29, 1.82) is 0 Å². The molecule has 5 heteroatoms. The average molecular weight is 487 g/mol. The average Bonchev–Trinajstić information content (AvgIpc) is 2.86. The second-order valence-corrected chi connectivity index (χ2v) is 9.48. The van der Waals surface area contributed by atoms with E-state index in [9.17, 15) is 4.79 Å². The second-order valence-electron chi connectivity index (χ2n) is 9.08. The van der Waals surface area contributed by atoms with E-state index < -0.39 is 0 Å². The van der Waals surface area contributed by atoms with Crippen molar-refractivity contribution in [2.45, 2.75) is 90.3 Å². The van der Waals surface area contributed by atoms with Crippen LogP contribution in [0, 0.1) is 0 Å². The van der Waals surface area contributed by atoms with Gasteiger partial charge in [-0.2, -0.15) is 0 Å². The van der Waals surface area contributed by atoms with E-state index >= 15 is 0 Å². The lowest BCUT2D eigenvalue weighted by molar-refractivity contribution is -0.152. The number of hydrogen-bond acceptors (Lipinski definition) is 4. The number of benzene rings is 2. The fraction of sp³-hybridized carbons (Fsp3) is 0.552. The predicted molar refractivity (Wildman–Crippen MR) is 138 cm³/mol. The van der Waals surface area contributed by atoms with Gasteiger partial charge in [-0.15, -0.1) is 0 Å². The number of unbranched alkanes of at least 4 members (excludes halogenated alkanes) is 5. The van der Waals surface area contributed by atoms with Gasteiger partial charge in [0.2, 0.25) is 0 Å². The molecule has 0 unspecified atom stereocenters. The monoisotopic (exact) mass is 486 g/mol. The molecule has 3 rings (SSSR count). The first-order chi connectivity index (χ1) is 16.6. The Labute approximate surface area is 209 Å². The molecule has 2 atom stereocenters. The van der Waals surface area contributed by atoms with Crippen molar-refractivity contribution in [3.63, 3.8) is 0 Å². The van der Waals surface area contributed by atoms with Crippen molar-refractivity contribution in [3.05, 3.63) is 53.1 Å². The number of halogens is 1. The minimum Gasteiger partial charge on any atom is -0.494 e. The van der Waals surface area contributed by atoms with Crippen molar-refractivity contribution < 1.29 is 19.0 Å². The summed E-state index contributed by atoms with van der Waals surface area (Å²) in [7, 11) is 0. The van der Waals surface area contributed by atoms with E-state index in [4.69, 9.17) is 25.8 Å². The van der Waals surface area contributed by atoms with Gasteiger partial charge in [0.05, 0.1) is 18.8 Å². The molecule has 0 amide bonds. The Kier molecular flexibility index (Phi) is 11.2. The number of esters is 1. The fourth-order valence-corrected chi connectivity index (χ4v) is 4.66. The van der Waals surface area contributed by atoms with Crippen LogP contribution < -0.4 is 4.74 Å². The molecule has 1 fully saturated rings. The van der Waals surface area contributed by atoms with Crippen LogP contribution in [0.3, 0.4) is 0 Å². The summed E-state index contributed by atoms with van der Waals surface area (Å²) in [6.07, 6.45) is 10.3. The Morgan fingerprint density at radius 3 is 2.53 bits per heavy atom. The van der Waals surface area contributed by atoms with Crippen LogP contribution in [0.4, 0.5) is 0 Å². The largest absolute Gasteiger partial charge is 0.494 e. The van der Waals surface area contributed by atoms with Gasteiger partial charge in [-0.1, -0.05) is 68.8 Å². The van der Waals surface area contributed by atoms with Crippen LogP contribution in [0.15, 0.2) is 42.5 Å². The molecule has 0 radical (unpaired) electrons. The Balaban J connectivity index is 1.51. The molecule has 186 valence electrons. The minimum absolute atomic E-state index is 0.0188. The van der Waals surface area contributed by atoms with Crippen LogP contribution in [0.25, 0.3) is 11.1 Å². The van der Waals surface area contributed by atoms with Crippen molar-refractivity contribution in [1.82, 2.24) is 0 Å². The molecule has 4 nitrogen and oxygen atoms in total. The van der Waals surface area contributed by atoms with E-state index in [0.29, 0.717) is 24.7 Å². The first kappa shape index (κ1) is 26.6. The van der Waals surface area contributed by atoms with Gasteiger partial charge in [0.25, 0.3) is 0 Å². The van der Waals surface area contributed by atoms with E-state index in [-0.39, 0.29) is 18.2 Å². The van der Waals surface area contributed by atoms with Crippen molar-refractivity contribution in [3.8, 4) is 16.9 Å². The SMILES string of the molecule is CCCCCCCCC(=O)OC[C@H]1CCC[C@@H](c2ccc(Cl)c(-c3ccc(OCC)cc3)c2)O1. The standard InChI is InChI=1S/C29H39ClO4/c1-3-5-6-7-8-9-13-29(31)33-21-25-11-10-12-28(34-25)23-16-19-27(30)26(20-23)22-14-17-24(18-15-22)32-4-2/h14-20,25,28H,3-13,21H2,1-2H3/t25-,28+/m1/s1. The topological polar surface area (TPSA) is 44.8 Å². The molecule has 0 spiro atoms. The third-order valence-electron chi connectivity index (χ3n) is 6.35. The first-order valence-electron chi connectivity index (χ1n) is 12.9. The molecule has 1 heterocycles. The van der Waals surface area contributed by atoms with E-state index in [2.05, 4.69) is 13.0 Å². The van der Waals surface area contributed by atoms with Crippen molar-refractivity contribution in [2.75, 3.05) is 13.2 Å². The maximum absolute atomic E-state index is 12.1. The summed E-state index contributed by atoms with van der Waals surface area (Å²) in [6.45, 7) is 5.17. The minimum atomic E-state index is -0.106. The molecule has 1 aliphatic rings. The van der Waals surface area contributed by atoms with Gasteiger partial charge in [-0.25, -0.2) is 0 Å². The predicted octanol–water partition coefficient (Wildman–Crippen LogP) is 8.31. The van der Waals surface area contributed by atoms with Crippen molar-refractivity contribution >= 4 is 17.6 Å². The highest BCUT2D eigenvalue weighted by Crippen LogP contribution is 2.36. The summed E-state index contributed by atoms with van der Waals surface area (Å²) >= 11 is 6.53. The van der Waals surface area contributed by atoms with Gasteiger partial charge >= 0.3 is 5.97 Å². The molecule has 34 heavy (non-hydrogen) atoms. The Morgan fingerprint density at radius 2 is 1.76 bits per heavy atom. The maximum atomic E-state index is 12.1. The van der Waals surface area contributed by atoms with Crippen molar-refractivity contribution in [2.24, 2.45) is 0 Å². The molecule has 2 aromatic rings. The van der Waals surface area contributed by atoms with Crippen LogP contribution in [-0.4, -0.2) is 25.3 Å². The van der Waals surface area contributed by atoms with Crippen LogP contribution in [0.2, 0.25) is 5.02 Å². The van der Waals surface area contributed by atoms with E-state index in [1.54, 1.807) is 0 Å². The molecular weight excluding hydrogens is 448 g/mol. The summed E-state index contributed by atoms with van der Waals surface area (Å²) in [5, 5.41) is 0.712. The van der Waals surface area contributed by atoms with Crippen LogP contribution in [0.1, 0.15) is 89.7 Å². The van der Waals surface area contributed by atoms with Gasteiger partial charge in [0.15, 0.2) is 0 Å². The third-order valence-corrected chi connectivity index (χ3v) is 6.68. The number of hydrogen-bond donors (Lipinski definition) is 0. The third kappa shape index (κ3) is 8.32. The quantitative estimate of drug-likeness (QED) is 0.211. The van der Waals surface area contributed by atoms with Crippen LogP contribution in [-0.2, 0) is 14.3 Å². The normalized spacial score (nSPS) is 18.0. The lowest BCUT2D eigenvalue weighted by Crippen LogP contribution is -2.28. The van der Waals surface area contributed by atoms with Gasteiger partial charge < -0.3 is 14.2 Å². The lowest BCUT2D eigenvalue weighted by Gasteiger charge is -2.30. The zero-order valence-electron chi connectivity index (χ0n) is 20.7. The molecule has 0 N–H and O–H groups in total. The smallest absolute Gasteiger partial charge is 0.305 e. The zero-order valence-corrected chi connectivity index (χ0v) is 21.4. The molecule has 0 bridgehead atoms. The van der Waals surface area contributed by atoms with E-state index in [1.807, 2.05) is 43.3 Å². The Morgan fingerprint density at radius 1 is 1.00 bits per heavy atom. The highest BCUT2D eigenvalue weighted by Gasteiger charge is 2.25. The molecule has 2 aromatic carbocycles. The highest BCUT2D eigenvalue weighted by molar-refractivity contribution is 6.33. The van der Waals surface area contributed by atoms with Crippen LogP contribution in [0.5, 0.6) is 5.75 Å². The molecule has 1 aliphatic heterocycles.